The molecular weight excluding hydrogens is 262 g/mol. The number of rotatable bonds is 3. The monoisotopic (exact) mass is 289 g/mol. The maximum Gasteiger partial charge on any atom is 0.151 e. The molecule has 5 nitrogen and oxygen atoms in total. The third-order valence-corrected chi connectivity index (χ3v) is 6.78. The van der Waals surface area contributed by atoms with Crippen LogP contribution in [0.15, 0.2) is 0 Å². The number of likely N-dealkylation sites (tertiary alicyclic amines) is 1. The summed E-state index contributed by atoms with van der Waals surface area (Å²) in [6.45, 7) is 2.77. The SMILES string of the molecule is CN1CCCC(CN)(N(C)C2CCS(=O)(=O)C2)CC1. The highest BCUT2D eigenvalue weighted by atomic mass is 32.2. The zero-order valence-electron chi connectivity index (χ0n) is 12.1. The molecule has 2 rings (SSSR count). The highest BCUT2D eigenvalue weighted by Gasteiger charge is 2.41. The Morgan fingerprint density at radius 3 is 2.68 bits per heavy atom. The highest BCUT2D eigenvalue weighted by Crippen LogP contribution is 2.31. The molecule has 6 heteroatoms. The molecule has 0 aromatic heterocycles. The molecule has 2 unspecified atom stereocenters. The van der Waals surface area contributed by atoms with Gasteiger partial charge >= 0.3 is 0 Å². The van der Waals surface area contributed by atoms with Crippen molar-refractivity contribution in [2.24, 2.45) is 5.73 Å². The van der Waals surface area contributed by atoms with E-state index in [9.17, 15) is 8.42 Å². The van der Waals surface area contributed by atoms with E-state index in [2.05, 4.69) is 23.9 Å². The van der Waals surface area contributed by atoms with E-state index in [1.807, 2.05) is 0 Å². The first-order valence-electron chi connectivity index (χ1n) is 7.20. The third-order valence-electron chi connectivity index (χ3n) is 5.03. The first kappa shape index (κ1) is 15.2. The van der Waals surface area contributed by atoms with Gasteiger partial charge in [0.2, 0.25) is 0 Å². The van der Waals surface area contributed by atoms with Gasteiger partial charge in [-0.25, -0.2) is 8.42 Å². The van der Waals surface area contributed by atoms with Crippen molar-refractivity contribution in [1.29, 1.82) is 0 Å². The average Bonchev–Trinajstić information content (AvgIpc) is 2.61. The van der Waals surface area contributed by atoms with Gasteiger partial charge in [-0.1, -0.05) is 0 Å². The van der Waals surface area contributed by atoms with Crippen LogP contribution in [0.5, 0.6) is 0 Å². The second-order valence-electron chi connectivity index (χ2n) is 6.25. The largest absolute Gasteiger partial charge is 0.329 e. The number of hydrogen-bond acceptors (Lipinski definition) is 5. The van der Waals surface area contributed by atoms with E-state index in [-0.39, 0.29) is 11.6 Å². The lowest BCUT2D eigenvalue weighted by Crippen LogP contribution is -2.56. The van der Waals surface area contributed by atoms with Gasteiger partial charge in [0, 0.05) is 18.1 Å². The van der Waals surface area contributed by atoms with Crippen LogP contribution in [-0.2, 0) is 9.84 Å². The highest BCUT2D eigenvalue weighted by molar-refractivity contribution is 7.91. The predicted molar refractivity (Wildman–Crippen MR) is 78.0 cm³/mol. The molecule has 2 aliphatic heterocycles. The minimum Gasteiger partial charge on any atom is -0.329 e. The fourth-order valence-corrected chi connectivity index (χ4v) is 5.26. The number of nitrogens with zero attached hydrogens (tertiary/aromatic N) is 2. The lowest BCUT2D eigenvalue weighted by molar-refractivity contribution is 0.0729. The molecule has 2 aliphatic rings. The lowest BCUT2D eigenvalue weighted by Gasteiger charge is -2.44. The minimum atomic E-state index is -2.83. The van der Waals surface area contributed by atoms with Crippen molar-refractivity contribution in [1.82, 2.24) is 9.80 Å². The van der Waals surface area contributed by atoms with Crippen molar-refractivity contribution in [2.45, 2.75) is 37.3 Å². The molecule has 2 heterocycles. The summed E-state index contributed by atoms with van der Waals surface area (Å²) in [5.41, 5.74) is 6.06. The average molecular weight is 289 g/mol. The van der Waals surface area contributed by atoms with Crippen LogP contribution in [0.1, 0.15) is 25.7 Å². The van der Waals surface area contributed by atoms with Crippen LogP contribution in [0.3, 0.4) is 0 Å². The van der Waals surface area contributed by atoms with Crippen molar-refractivity contribution in [3.63, 3.8) is 0 Å². The zero-order chi connectivity index (χ0) is 14.1. The summed E-state index contributed by atoms with van der Waals surface area (Å²) >= 11 is 0. The molecule has 2 saturated heterocycles. The Hall–Kier alpha value is -0.170. The Balaban J connectivity index is 2.12. The second-order valence-corrected chi connectivity index (χ2v) is 8.48. The van der Waals surface area contributed by atoms with Crippen LogP contribution >= 0.6 is 0 Å². The first-order valence-corrected chi connectivity index (χ1v) is 9.03. The van der Waals surface area contributed by atoms with Gasteiger partial charge in [0.1, 0.15) is 0 Å². The summed E-state index contributed by atoms with van der Waals surface area (Å²) in [6, 6.07) is 0.150. The normalized spacial score (nSPS) is 36.5. The molecule has 19 heavy (non-hydrogen) atoms. The van der Waals surface area contributed by atoms with E-state index in [1.165, 1.54) is 0 Å². The molecular formula is C13H27N3O2S. The Morgan fingerprint density at radius 1 is 1.37 bits per heavy atom. The fraction of sp³-hybridized carbons (Fsp3) is 1.00. The summed E-state index contributed by atoms with van der Waals surface area (Å²) in [7, 11) is 1.39. The topological polar surface area (TPSA) is 66.6 Å². The van der Waals surface area contributed by atoms with Gasteiger partial charge in [-0.15, -0.1) is 0 Å². The van der Waals surface area contributed by atoms with Crippen LogP contribution in [-0.4, -0.2) is 75.0 Å². The van der Waals surface area contributed by atoms with Crippen LogP contribution < -0.4 is 5.73 Å². The fourth-order valence-electron chi connectivity index (χ4n) is 3.48. The van der Waals surface area contributed by atoms with E-state index < -0.39 is 9.84 Å². The van der Waals surface area contributed by atoms with Crippen LogP contribution in [0.4, 0.5) is 0 Å². The minimum absolute atomic E-state index is 0.0186. The van der Waals surface area contributed by atoms with Crippen molar-refractivity contribution < 1.29 is 8.42 Å². The van der Waals surface area contributed by atoms with Crippen molar-refractivity contribution in [3.8, 4) is 0 Å². The number of likely N-dealkylation sites (N-methyl/N-ethyl adjacent to an activating group) is 1. The summed E-state index contributed by atoms with van der Waals surface area (Å²) in [6.07, 6.45) is 4.00. The molecule has 0 saturated carbocycles. The van der Waals surface area contributed by atoms with Gasteiger partial charge in [-0.2, -0.15) is 0 Å². The Bertz CT molecular complexity index is 412. The first-order chi connectivity index (χ1) is 8.88. The maximum absolute atomic E-state index is 11.7. The number of nitrogens with two attached hydrogens (primary N) is 1. The van der Waals surface area contributed by atoms with E-state index in [4.69, 9.17) is 5.73 Å². The number of hydrogen-bond donors (Lipinski definition) is 1. The predicted octanol–water partition coefficient (Wildman–Crippen LogP) is -0.0815. The molecule has 0 amide bonds. The Labute approximate surface area is 117 Å². The van der Waals surface area contributed by atoms with Gasteiger partial charge in [-0.3, -0.25) is 4.90 Å². The second kappa shape index (κ2) is 5.68. The van der Waals surface area contributed by atoms with Gasteiger partial charge in [0.25, 0.3) is 0 Å². The molecule has 2 N–H and O–H groups in total. The molecule has 0 aromatic rings. The molecule has 0 aromatic carbocycles. The molecule has 2 atom stereocenters. The van der Waals surface area contributed by atoms with Crippen LogP contribution in [0.25, 0.3) is 0 Å². The van der Waals surface area contributed by atoms with Crippen molar-refractivity contribution >= 4 is 9.84 Å². The summed E-state index contributed by atoms with van der Waals surface area (Å²) in [4.78, 5) is 4.63. The smallest absolute Gasteiger partial charge is 0.151 e. The Kier molecular flexibility index (Phi) is 4.55. The molecule has 2 fully saturated rings. The third kappa shape index (κ3) is 3.29. The molecule has 0 aliphatic carbocycles. The summed E-state index contributed by atoms with van der Waals surface area (Å²) in [5.74, 6) is 0.643. The van der Waals surface area contributed by atoms with E-state index in [0.29, 0.717) is 18.1 Å². The van der Waals surface area contributed by atoms with Gasteiger partial charge < -0.3 is 10.6 Å². The number of sulfone groups is 1. The van der Waals surface area contributed by atoms with Gasteiger partial charge in [0.05, 0.1) is 11.5 Å². The van der Waals surface area contributed by atoms with E-state index >= 15 is 0 Å². The van der Waals surface area contributed by atoms with Crippen molar-refractivity contribution in [3.05, 3.63) is 0 Å². The molecule has 0 bridgehead atoms. The standard InChI is InChI=1S/C13H27N3O2S/c1-15-7-3-5-13(11-14,6-8-15)16(2)12-4-9-19(17,18)10-12/h12H,3-11,14H2,1-2H3. The summed E-state index contributed by atoms with van der Waals surface area (Å²) < 4.78 is 23.3. The van der Waals surface area contributed by atoms with Crippen LogP contribution in [0, 0.1) is 0 Å². The summed E-state index contributed by atoms with van der Waals surface area (Å²) in [5, 5.41) is 0. The molecule has 0 radical (unpaired) electrons. The molecule has 112 valence electrons. The quantitative estimate of drug-likeness (QED) is 0.787. The molecule has 0 spiro atoms. The van der Waals surface area contributed by atoms with Crippen molar-refractivity contribution in [2.75, 3.05) is 45.2 Å². The lowest BCUT2D eigenvalue weighted by atomic mass is 9.87. The van der Waals surface area contributed by atoms with E-state index in [0.717, 1.165) is 38.8 Å². The van der Waals surface area contributed by atoms with Crippen LogP contribution in [0.2, 0.25) is 0 Å². The van der Waals surface area contributed by atoms with Gasteiger partial charge in [-0.05, 0) is 52.9 Å². The Morgan fingerprint density at radius 2 is 2.11 bits per heavy atom. The zero-order valence-corrected chi connectivity index (χ0v) is 13.0. The maximum atomic E-state index is 11.7. The van der Waals surface area contributed by atoms with Gasteiger partial charge in [0.15, 0.2) is 9.84 Å². The van der Waals surface area contributed by atoms with E-state index in [1.54, 1.807) is 0 Å².